The molecule has 0 bridgehead atoms. The first-order chi connectivity index (χ1) is 18.0. The first-order valence-corrected chi connectivity index (χ1v) is 13.1. The number of likely N-dealkylation sites (N-methyl/N-ethyl adjacent to an activating group) is 1. The topological polar surface area (TPSA) is 124 Å². The molecule has 1 aromatic carbocycles. The first kappa shape index (κ1) is 27.6. The largest absolute Gasteiger partial charge is 0.349 e. The fourth-order valence-electron chi connectivity index (χ4n) is 4.75. The van der Waals surface area contributed by atoms with Crippen LogP contribution in [0.2, 0.25) is 0 Å². The van der Waals surface area contributed by atoms with Crippen molar-refractivity contribution in [3.05, 3.63) is 45.4 Å². The molecule has 1 aliphatic carbocycles. The third-order valence-corrected chi connectivity index (χ3v) is 7.86. The summed E-state index contributed by atoms with van der Waals surface area (Å²) in [4.78, 5) is 60.1. The molecule has 4 rings (SSSR count). The van der Waals surface area contributed by atoms with Crippen molar-refractivity contribution >= 4 is 40.7 Å². The molecule has 1 fully saturated rings. The Kier molecular flexibility index (Phi) is 8.36. The highest BCUT2D eigenvalue weighted by molar-refractivity contribution is 7.13. The number of anilines is 1. The van der Waals surface area contributed by atoms with Crippen LogP contribution in [-0.2, 0) is 27.3 Å². The predicted molar refractivity (Wildman–Crippen MR) is 136 cm³/mol. The third-order valence-electron chi connectivity index (χ3n) is 6.78. The fourth-order valence-corrected chi connectivity index (χ4v) is 5.84. The summed E-state index contributed by atoms with van der Waals surface area (Å²) in [7, 11) is 5.31. The van der Waals surface area contributed by atoms with E-state index in [1.54, 1.807) is 14.1 Å². The standard InChI is InChI=1S/C25H30F2N6O4S/c1-32(2)25(37)13-4-6-17(29-22(35)21(34)28-16-7-5-14(26)11-15(16)27)19(10-13)30-23(36)24-31-18-8-9-33(3)12-20(18)38-24/h5,7,11,13,17,19H,4,6,8-10,12H2,1-3H3,(H,28,34)(H,29,35)(H,30,36)/t13-,17-,19+/m0/s1. The van der Waals surface area contributed by atoms with E-state index < -0.39 is 41.4 Å². The van der Waals surface area contributed by atoms with E-state index in [2.05, 4.69) is 25.8 Å². The number of halogens is 2. The van der Waals surface area contributed by atoms with Gasteiger partial charge < -0.3 is 25.8 Å². The molecule has 1 aromatic heterocycles. The average molecular weight is 549 g/mol. The lowest BCUT2D eigenvalue weighted by molar-refractivity contribution is -0.137. The lowest BCUT2D eigenvalue weighted by atomic mass is 9.81. The van der Waals surface area contributed by atoms with Gasteiger partial charge in [0, 0.05) is 56.5 Å². The summed E-state index contributed by atoms with van der Waals surface area (Å²) >= 11 is 1.32. The van der Waals surface area contributed by atoms with Gasteiger partial charge in [0.05, 0.1) is 17.4 Å². The normalized spacial score (nSPS) is 21.2. The van der Waals surface area contributed by atoms with Gasteiger partial charge in [0.2, 0.25) is 5.91 Å². The molecule has 2 aromatic rings. The fraction of sp³-hybridized carbons (Fsp3) is 0.480. The van der Waals surface area contributed by atoms with Crippen LogP contribution >= 0.6 is 11.3 Å². The van der Waals surface area contributed by atoms with Crippen molar-refractivity contribution < 1.29 is 28.0 Å². The van der Waals surface area contributed by atoms with E-state index in [1.807, 2.05) is 7.05 Å². The van der Waals surface area contributed by atoms with Gasteiger partial charge in [-0.1, -0.05) is 0 Å². The van der Waals surface area contributed by atoms with Crippen molar-refractivity contribution in [3.63, 3.8) is 0 Å². The van der Waals surface area contributed by atoms with Crippen LogP contribution in [0.3, 0.4) is 0 Å². The lowest BCUT2D eigenvalue weighted by Gasteiger charge is -2.37. The minimum atomic E-state index is -1.14. The minimum absolute atomic E-state index is 0.0914. The quantitative estimate of drug-likeness (QED) is 0.487. The van der Waals surface area contributed by atoms with Gasteiger partial charge in [0.1, 0.15) is 11.6 Å². The number of benzene rings is 1. The molecule has 10 nitrogen and oxygen atoms in total. The summed E-state index contributed by atoms with van der Waals surface area (Å²) in [6.07, 6.45) is 1.79. The Morgan fingerprint density at radius 1 is 1.08 bits per heavy atom. The Morgan fingerprint density at radius 3 is 2.55 bits per heavy atom. The highest BCUT2D eigenvalue weighted by atomic mass is 32.1. The maximum Gasteiger partial charge on any atom is 0.313 e. The molecule has 3 atom stereocenters. The molecule has 13 heteroatoms. The van der Waals surface area contributed by atoms with E-state index in [9.17, 15) is 28.0 Å². The summed E-state index contributed by atoms with van der Waals surface area (Å²) in [5.41, 5.74) is 0.562. The molecule has 204 valence electrons. The average Bonchev–Trinajstić information content (AvgIpc) is 3.29. The molecule has 2 aliphatic rings. The predicted octanol–water partition coefficient (Wildman–Crippen LogP) is 1.52. The monoisotopic (exact) mass is 548 g/mol. The smallest absolute Gasteiger partial charge is 0.313 e. The van der Waals surface area contributed by atoms with Crippen LogP contribution in [0.4, 0.5) is 14.5 Å². The molecule has 1 aliphatic heterocycles. The maximum atomic E-state index is 13.9. The van der Waals surface area contributed by atoms with Crippen molar-refractivity contribution in [2.45, 2.75) is 44.3 Å². The Balaban J connectivity index is 1.46. The van der Waals surface area contributed by atoms with Gasteiger partial charge in [-0.25, -0.2) is 13.8 Å². The summed E-state index contributed by atoms with van der Waals surface area (Å²) in [6.45, 7) is 1.57. The van der Waals surface area contributed by atoms with Gasteiger partial charge in [0.15, 0.2) is 5.01 Å². The van der Waals surface area contributed by atoms with Crippen LogP contribution in [-0.4, -0.2) is 78.2 Å². The van der Waals surface area contributed by atoms with Crippen LogP contribution < -0.4 is 16.0 Å². The van der Waals surface area contributed by atoms with Gasteiger partial charge in [-0.05, 0) is 38.4 Å². The van der Waals surface area contributed by atoms with Gasteiger partial charge in [-0.2, -0.15) is 0 Å². The van der Waals surface area contributed by atoms with Crippen LogP contribution in [0, 0.1) is 17.6 Å². The Labute approximate surface area is 222 Å². The third kappa shape index (κ3) is 6.33. The number of carbonyl (C=O) groups is 4. The van der Waals surface area contributed by atoms with Gasteiger partial charge in [-0.3, -0.25) is 19.2 Å². The zero-order chi connectivity index (χ0) is 27.6. The summed E-state index contributed by atoms with van der Waals surface area (Å²) in [6, 6.07) is 1.27. The Hall–Kier alpha value is -3.45. The summed E-state index contributed by atoms with van der Waals surface area (Å²) < 4.78 is 27.1. The Bertz CT molecular complexity index is 1250. The Morgan fingerprint density at radius 2 is 1.84 bits per heavy atom. The van der Waals surface area contributed by atoms with E-state index in [0.717, 1.165) is 35.7 Å². The lowest BCUT2D eigenvalue weighted by Crippen LogP contribution is -2.57. The van der Waals surface area contributed by atoms with Crippen LogP contribution in [0.5, 0.6) is 0 Å². The zero-order valence-corrected chi connectivity index (χ0v) is 22.2. The van der Waals surface area contributed by atoms with Gasteiger partial charge in [-0.15, -0.1) is 11.3 Å². The number of aromatic nitrogens is 1. The zero-order valence-electron chi connectivity index (χ0n) is 21.3. The molecule has 1 saturated carbocycles. The van der Waals surface area contributed by atoms with Crippen molar-refractivity contribution in [2.24, 2.45) is 5.92 Å². The molecule has 2 heterocycles. The second-order valence-electron chi connectivity index (χ2n) is 9.86. The van der Waals surface area contributed by atoms with E-state index in [-0.39, 0.29) is 23.9 Å². The summed E-state index contributed by atoms with van der Waals surface area (Å²) in [5, 5.41) is 7.96. The van der Waals surface area contributed by atoms with Crippen LogP contribution in [0.1, 0.15) is 39.6 Å². The molecular formula is C25H30F2N6O4S. The van der Waals surface area contributed by atoms with Gasteiger partial charge in [0.25, 0.3) is 5.91 Å². The number of rotatable bonds is 5. The molecule has 0 unspecified atom stereocenters. The molecule has 0 spiro atoms. The number of hydrogen-bond donors (Lipinski definition) is 3. The van der Waals surface area contributed by atoms with Gasteiger partial charge >= 0.3 is 11.8 Å². The van der Waals surface area contributed by atoms with E-state index >= 15 is 0 Å². The number of hydrogen-bond acceptors (Lipinski definition) is 7. The number of fused-ring (bicyclic) bond motifs is 1. The molecule has 4 amide bonds. The number of nitrogens with one attached hydrogen (secondary N) is 3. The van der Waals surface area contributed by atoms with E-state index in [4.69, 9.17) is 0 Å². The number of carbonyl (C=O) groups excluding carboxylic acids is 4. The van der Waals surface area contributed by atoms with Crippen molar-refractivity contribution in [1.82, 2.24) is 25.4 Å². The second-order valence-corrected chi connectivity index (χ2v) is 10.9. The first-order valence-electron chi connectivity index (χ1n) is 12.3. The molecular weight excluding hydrogens is 518 g/mol. The minimum Gasteiger partial charge on any atom is -0.349 e. The number of nitrogens with zero attached hydrogens (tertiary/aromatic N) is 3. The van der Waals surface area contributed by atoms with Crippen LogP contribution in [0.25, 0.3) is 0 Å². The molecule has 0 saturated heterocycles. The molecule has 3 N–H and O–H groups in total. The van der Waals surface area contributed by atoms with Crippen LogP contribution in [0.15, 0.2) is 18.2 Å². The maximum absolute atomic E-state index is 13.9. The number of thiazole rings is 1. The van der Waals surface area contributed by atoms with Crippen molar-refractivity contribution in [2.75, 3.05) is 33.0 Å². The highest BCUT2D eigenvalue weighted by Crippen LogP contribution is 2.28. The number of amides is 4. The molecule has 0 radical (unpaired) electrons. The summed E-state index contributed by atoms with van der Waals surface area (Å²) in [5.74, 6) is -4.88. The van der Waals surface area contributed by atoms with Crippen molar-refractivity contribution in [3.8, 4) is 0 Å². The van der Waals surface area contributed by atoms with E-state index in [1.165, 1.54) is 16.2 Å². The highest BCUT2D eigenvalue weighted by Gasteiger charge is 2.37. The van der Waals surface area contributed by atoms with E-state index in [0.29, 0.717) is 30.5 Å². The second kappa shape index (κ2) is 11.5. The molecule has 38 heavy (non-hydrogen) atoms. The SMILES string of the molecule is CN1CCc2nc(C(=O)N[C@@H]3C[C@@H](C(=O)N(C)C)CC[C@@H]3NC(=O)C(=O)Nc3ccc(F)cc3F)sc2C1. The van der Waals surface area contributed by atoms with Crippen molar-refractivity contribution in [1.29, 1.82) is 0 Å².